The maximum absolute atomic E-state index is 11.0. The molecule has 2 rings (SSSR count). The molecular weight excluding hydrogens is 272 g/mol. The molecule has 0 spiro atoms. The quantitative estimate of drug-likeness (QED) is 0.872. The summed E-state index contributed by atoms with van der Waals surface area (Å²) in [5, 5.41) is 10.2. The minimum Gasteiger partial charge on any atom is -0.477 e. The van der Waals surface area contributed by atoms with Crippen molar-refractivity contribution in [3.8, 4) is 0 Å². The number of carbonyl (C=O) groups is 1. The topological polar surface area (TPSA) is 63.1 Å². The molecule has 0 fully saturated rings. The van der Waals surface area contributed by atoms with Gasteiger partial charge in [0, 0.05) is 18.1 Å². The Labute approximate surface area is 113 Å². The average molecular weight is 281 g/mol. The van der Waals surface area contributed by atoms with E-state index in [0.29, 0.717) is 21.4 Å². The predicted octanol–water partition coefficient (Wildman–Crippen LogP) is 3.12. The summed E-state index contributed by atoms with van der Waals surface area (Å²) in [6, 6.07) is 6.94. The molecule has 1 N–H and O–H groups in total. The minimum absolute atomic E-state index is 0.0667. The minimum atomic E-state index is -1.03. The van der Waals surface area contributed by atoms with Gasteiger partial charge < -0.3 is 5.11 Å². The molecule has 0 radical (unpaired) electrons. The summed E-state index contributed by atoms with van der Waals surface area (Å²) in [5.74, 6) is -0.565. The number of nitrogens with zero attached hydrogens (tertiary/aromatic N) is 2. The van der Waals surface area contributed by atoms with Crippen LogP contribution in [0.15, 0.2) is 41.7 Å². The highest BCUT2D eigenvalue weighted by molar-refractivity contribution is 7.98. The van der Waals surface area contributed by atoms with Crippen LogP contribution in [0.4, 0.5) is 0 Å². The standard InChI is InChI=1S/C12H9ClN2O2S/c13-9-4-2-6-15-11(9)18-7-8-3-1-5-14-10(8)12(16)17/h1-6H,7H2,(H,16,17). The fourth-order valence-electron chi connectivity index (χ4n) is 1.37. The molecule has 0 bridgehead atoms. The van der Waals surface area contributed by atoms with Crippen LogP contribution in [-0.4, -0.2) is 21.0 Å². The first-order valence-corrected chi connectivity index (χ1v) is 6.45. The molecule has 0 aliphatic heterocycles. The van der Waals surface area contributed by atoms with Gasteiger partial charge in [0.25, 0.3) is 0 Å². The summed E-state index contributed by atoms with van der Waals surface area (Å²) < 4.78 is 0. The number of hydrogen-bond acceptors (Lipinski definition) is 4. The fourth-order valence-corrected chi connectivity index (χ4v) is 2.52. The maximum Gasteiger partial charge on any atom is 0.354 e. The number of carboxylic acid groups (broad SMARTS) is 1. The fraction of sp³-hybridized carbons (Fsp3) is 0.0833. The summed E-state index contributed by atoms with van der Waals surface area (Å²) in [6.45, 7) is 0. The van der Waals surface area contributed by atoms with Gasteiger partial charge in [0.05, 0.1) is 5.02 Å². The third kappa shape index (κ3) is 3.00. The number of halogens is 1. The normalized spacial score (nSPS) is 10.3. The SMILES string of the molecule is O=C(O)c1ncccc1CSc1ncccc1Cl. The first-order valence-electron chi connectivity index (χ1n) is 5.09. The van der Waals surface area contributed by atoms with Crippen LogP contribution < -0.4 is 0 Å². The van der Waals surface area contributed by atoms with Gasteiger partial charge in [0.1, 0.15) is 5.03 Å². The predicted molar refractivity (Wildman–Crippen MR) is 70.0 cm³/mol. The molecule has 0 saturated carbocycles. The van der Waals surface area contributed by atoms with Gasteiger partial charge in [0.15, 0.2) is 5.69 Å². The van der Waals surface area contributed by atoms with Gasteiger partial charge in [-0.2, -0.15) is 0 Å². The lowest BCUT2D eigenvalue weighted by molar-refractivity contribution is 0.0689. The van der Waals surface area contributed by atoms with Gasteiger partial charge in [-0.05, 0) is 23.8 Å². The van der Waals surface area contributed by atoms with E-state index in [1.807, 2.05) is 0 Å². The smallest absolute Gasteiger partial charge is 0.354 e. The van der Waals surface area contributed by atoms with E-state index in [2.05, 4.69) is 9.97 Å². The molecule has 0 amide bonds. The molecule has 0 aromatic carbocycles. The lowest BCUT2D eigenvalue weighted by Gasteiger charge is -2.05. The number of hydrogen-bond donors (Lipinski definition) is 1. The Bertz CT molecular complexity index is 578. The number of aromatic carboxylic acids is 1. The van der Waals surface area contributed by atoms with Crippen LogP contribution in [0.5, 0.6) is 0 Å². The molecule has 2 heterocycles. The molecule has 0 unspecified atom stereocenters. The van der Waals surface area contributed by atoms with E-state index in [-0.39, 0.29) is 5.69 Å². The van der Waals surface area contributed by atoms with Crippen LogP contribution in [0.25, 0.3) is 0 Å². The van der Waals surface area contributed by atoms with E-state index >= 15 is 0 Å². The Morgan fingerprint density at radius 3 is 2.72 bits per heavy atom. The Kier molecular flexibility index (Phi) is 4.17. The average Bonchev–Trinajstić information content (AvgIpc) is 2.38. The van der Waals surface area contributed by atoms with E-state index in [4.69, 9.17) is 16.7 Å². The second-order valence-electron chi connectivity index (χ2n) is 3.40. The van der Waals surface area contributed by atoms with Crippen LogP contribution in [-0.2, 0) is 5.75 Å². The van der Waals surface area contributed by atoms with Gasteiger partial charge in [-0.25, -0.2) is 14.8 Å². The molecule has 0 aliphatic carbocycles. The zero-order valence-corrected chi connectivity index (χ0v) is 10.8. The van der Waals surface area contributed by atoms with E-state index in [1.165, 1.54) is 18.0 Å². The van der Waals surface area contributed by atoms with Crippen LogP contribution >= 0.6 is 23.4 Å². The number of rotatable bonds is 4. The van der Waals surface area contributed by atoms with Gasteiger partial charge in [0.2, 0.25) is 0 Å². The van der Waals surface area contributed by atoms with Crippen molar-refractivity contribution in [3.63, 3.8) is 0 Å². The molecule has 2 aromatic rings. The molecule has 0 atom stereocenters. The lowest BCUT2D eigenvalue weighted by Crippen LogP contribution is -2.04. The molecule has 92 valence electrons. The maximum atomic E-state index is 11.0. The van der Waals surface area contributed by atoms with Gasteiger partial charge >= 0.3 is 5.97 Å². The summed E-state index contributed by atoms with van der Waals surface area (Å²) in [6.07, 6.45) is 3.11. The number of pyridine rings is 2. The molecule has 2 aromatic heterocycles. The molecule has 6 heteroatoms. The highest BCUT2D eigenvalue weighted by atomic mass is 35.5. The molecule has 18 heavy (non-hydrogen) atoms. The molecule has 4 nitrogen and oxygen atoms in total. The largest absolute Gasteiger partial charge is 0.477 e. The summed E-state index contributed by atoms with van der Waals surface area (Å²) in [5.41, 5.74) is 0.716. The first-order chi connectivity index (χ1) is 8.68. The van der Waals surface area contributed by atoms with Crippen molar-refractivity contribution in [2.45, 2.75) is 10.8 Å². The molecule has 0 aliphatic rings. The molecular formula is C12H9ClN2O2S. The third-order valence-corrected chi connectivity index (χ3v) is 3.65. The second-order valence-corrected chi connectivity index (χ2v) is 4.77. The summed E-state index contributed by atoms with van der Waals surface area (Å²) >= 11 is 7.36. The van der Waals surface area contributed by atoms with Crippen LogP contribution in [0.1, 0.15) is 16.1 Å². The van der Waals surface area contributed by atoms with Crippen molar-refractivity contribution < 1.29 is 9.90 Å². The first kappa shape index (κ1) is 12.9. The number of carboxylic acids is 1. The third-order valence-electron chi connectivity index (χ3n) is 2.18. The lowest BCUT2D eigenvalue weighted by atomic mass is 10.2. The van der Waals surface area contributed by atoms with E-state index in [0.717, 1.165) is 0 Å². The van der Waals surface area contributed by atoms with Crippen molar-refractivity contribution in [3.05, 3.63) is 52.9 Å². The Morgan fingerprint density at radius 2 is 2.00 bits per heavy atom. The van der Waals surface area contributed by atoms with Gasteiger partial charge in [-0.3, -0.25) is 0 Å². The second kappa shape index (κ2) is 5.84. The van der Waals surface area contributed by atoms with Crippen molar-refractivity contribution >= 4 is 29.3 Å². The Morgan fingerprint density at radius 1 is 1.28 bits per heavy atom. The van der Waals surface area contributed by atoms with Gasteiger partial charge in [-0.1, -0.05) is 17.7 Å². The summed E-state index contributed by atoms with van der Waals surface area (Å²) in [4.78, 5) is 19.0. The highest BCUT2D eigenvalue weighted by Crippen LogP contribution is 2.27. The van der Waals surface area contributed by atoms with E-state index < -0.39 is 5.97 Å². The molecule has 0 saturated heterocycles. The highest BCUT2D eigenvalue weighted by Gasteiger charge is 2.11. The summed E-state index contributed by atoms with van der Waals surface area (Å²) in [7, 11) is 0. The van der Waals surface area contributed by atoms with E-state index in [1.54, 1.807) is 30.5 Å². The van der Waals surface area contributed by atoms with Crippen molar-refractivity contribution in [2.75, 3.05) is 0 Å². The van der Waals surface area contributed by atoms with Crippen molar-refractivity contribution in [1.29, 1.82) is 0 Å². The number of thioether (sulfide) groups is 1. The monoisotopic (exact) mass is 280 g/mol. The van der Waals surface area contributed by atoms with Crippen molar-refractivity contribution in [2.24, 2.45) is 0 Å². The number of aromatic nitrogens is 2. The van der Waals surface area contributed by atoms with E-state index in [9.17, 15) is 4.79 Å². The Hall–Kier alpha value is -1.59. The zero-order chi connectivity index (χ0) is 13.0. The van der Waals surface area contributed by atoms with Crippen LogP contribution in [0.2, 0.25) is 5.02 Å². The van der Waals surface area contributed by atoms with Crippen LogP contribution in [0.3, 0.4) is 0 Å². The zero-order valence-electron chi connectivity index (χ0n) is 9.21. The Balaban J connectivity index is 2.16. The van der Waals surface area contributed by atoms with Gasteiger partial charge in [-0.15, -0.1) is 11.8 Å². The van der Waals surface area contributed by atoms with Crippen LogP contribution in [0, 0.1) is 0 Å². The van der Waals surface area contributed by atoms with Crippen molar-refractivity contribution in [1.82, 2.24) is 9.97 Å².